The van der Waals surface area contributed by atoms with E-state index < -0.39 is 5.92 Å². The Balaban J connectivity index is 1.82. The number of aromatic nitrogens is 1. The van der Waals surface area contributed by atoms with Gasteiger partial charge in [0.1, 0.15) is 5.69 Å². The number of aryl methyl sites for hydroxylation is 1. The molecule has 0 aromatic carbocycles. The second-order valence-electron chi connectivity index (χ2n) is 4.76. The summed E-state index contributed by atoms with van der Waals surface area (Å²) < 4.78 is 25.2. The smallest absolute Gasteiger partial charge is 0.248 e. The molecule has 2 rings (SSSR count). The standard InChI is InChI=1S/C13H15F2NO/c1-9-3-2-4-11(16-9)12(17)6-5-10-7-13(14,15)8-10/h2-4,10H,5-8H2,1H3. The van der Waals surface area contributed by atoms with Crippen LogP contribution < -0.4 is 0 Å². The number of rotatable bonds is 4. The van der Waals surface area contributed by atoms with Crippen molar-refractivity contribution >= 4 is 5.78 Å². The van der Waals surface area contributed by atoms with E-state index in [1.165, 1.54) is 0 Å². The molecule has 17 heavy (non-hydrogen) atoms. The summed E-state index contributed by atoms with van der Waals surface area (Å²) in [6.07, 6.45) is 0.726. The Hall–Kier alpha value is -1.32. The van der Waals surface area contributed by atoms with E-state index in [2.05, 4.69) is 4.98 Å². The van der Waals surface area contributed by atoms with Crippen LogP contribution in [-0.2, 0) is 0 Å². The first-order valence-corrected chi connectivity index (χ1v) is 5.81. The third-order valence-corrected chi connectivity index (χ3v) is 3.13. The summed E-state index contributed by atoms with van der Waals surface area (Å²) in [5, 5.41) is 0. The zero-order valence-corrected chi connectivity index (χ0v) is 9.75. The van der Waals surface area contributed by atoms with Crippen LogP contribution in [0.15, 0.2) is 18.2 Å². The molecule has 92 valence electrons. The van der Waals surface area contributed by atoms with Crippen LogP contribution in [0.1, 0.15) is 41.9 Å². The van der Waals surface area contributed by atoms with Gasteiger partial charge in [0.2, 0.25) is 5.92 Å². The first kappa shape index (κ1) is 12.1. The summed E-state index contributed by atoms with van der Waals surface area (Å²) in [6.45, 7) is 1.82. The molecule has 0 N–H and O–H groups in total. The van der Waals surface area contributed by atoms with Crippen molar-refractivity contribution in [3.05, 3.63) is 29.6 Å². The van der Waals surface area contributed by atoms with Crippen LogP contribution in [0.2, 0.25) is 0 Å². The minimum Gasteiger partial charge on any atom is -0.292 e. The van der Waals surface area contributed by atoms with Gasteiger partial charge in [-0.05, 0) is 31.4 Å². The molecule has 1 heterocycles. The fourth-order valence-corrected chi connectivity index (χ4v) is 2.15. The van der Waals surface area contributed by atoms with Crippen LogP contribution in [0.4, 0.5) is 8.78 Å². The lowest BCUT2D eigenvalue weighted by Gasteiger charge is -2.34. The van der Waals surface area contributed by atoms with E-state index in [-0.39, 0.29) is 24.5 Å². The molecule has 2 nitrogen and oxygen atoms in total. The van der Waals surface area contributed by atoms with E-state index in [0.717, 1.165) is 5.69 Å². The average Bonchev–Trinajstić information content (AvgIpc) is 2.23. The maximum atomic E-state index is 12.6. The molecule has 0 saturated heterocycles. The zero-order chi connectivity index (χ0) is 12.5. The molecule has 4 heteroatoms. The van der Waals surface area contributed by atoms with E-state index in [1.807, 2.05) is 13.0 Å². The quantitative estimate of drug-likeness (QED) is 0.754. The molecule has 1 aromatic heterocycles. The molecule has 1 aliphatic carbocycles. The summed E-state index contributed by atoms with van der Waals surface area (Å²) in [4.78, 5) is 15.9. The SMILES string of the molecule is Cc1cccc(C(=O)CCC2CC(F)(F)C2)n1. The molecule has 0 spiro atoms. The van der Waals surface area contributed by atoms with E-state index in [9.17, 15) is 13.6 Å². The number of nitrogens with zero attached hydrogens (tertiary/aromatic N) is 1. The van der Waals surface area contributed by atoms with Crippen molar-refractivity contribution in [3.8, 4) is 0 Å². The molecular weight excluding hydrogens is 224 g/mol. The molecule has 0 bridgehead atoms. The lowest BCUT2D eigenvalue weighted by Crippen LogP contribution is -2.35. The number of carbonyl (C=O) groups excluding carboxylic acids is 1. The highest BCUT2D eigenvalue weighted by molar-refractivity contribution is 5.94. The van der Waals surface area contributed by atoms with Crippen LogP contribution in [0.5, 0.6) is 0 Å². The van der Waals surface area contributed by atoms with Crippen LogP contribution in [0.25, 0.3) is 0 Å². The lowest BCUT2D eigenvalue weighted by atomic mass is 9.78. The number of carbonyl (C=O) groups is 1. The summed E-state index contributed by atoms with van der Waals surface area (Å²) in [6, 6.07) is 5.28. The van der Waals surface area contributed by atoms with Gasteiger partial charge in [-0.1, -0.05) is 6.07 Å². The largest absolute Gasteiger partial charge is 0.292 e. The summed E-state index contributed by atoms with van der Waals surface area (Å²) in [5.74, 6) is -2.54. The van der Waals surface area contributed by atoms with Crippen LogP contribution in [0.3, 0.4) is 0 Å². The average molecular weight is 239 g/mol. The molecular formula is C13H15F2NO. The van der Waals surface area contributed by atoms with Crippen LogP contribution in [0, 0.1) is 12.8 Å². The van der Waals surface area contributed by atoms with Crippen molar-refractivity contribution in [2.75, 3.05) is 0 Å². The third-order valence-electron chi connectivity index (χ3n) is 3.13. The molecule has 0 radical (unpaired) electrons. The first-order chi connectivity index (χ1) is 7.96. The van der Waals surface area contributed by atoms with Gasteiger partial charge < -0.3 is 0 Å². The Kier molecular flexibility index (Phi) is 3.22. The van der Waals surface area contributed by atoms with E-state index in [1.54, 1.807) is 12.1 Å². The Morgan fingerprint density at radius 3 is 2.76 bits per heavy atom. The van der Waals surface area contributed by atoms with E-state index in [0.29, 0.717) is 18.5 Å². The second kappa shape index (κ2) is 4.51. The number of Topliss-reactive ketones (excluding diaryl/α,β-unsaturated/α-hetero) is 1. The Morgan fingerprint density at radius 1 is 1.47 bits per heavy atom. The molecule has 1 saturated carbocycles. The minimum atomic E-state index is -2.49. The van der Waals surface area contributed by atoms with Gasteiger partial charge in [-0.2, -0.15) is 0 Å². The fourth-order valence-electron chi connectivity index (χ4n) is 2.15. The van der Waals surface area contributed by atoms with Crippen molar-refractivity contribution < 1.29 is 13.6 Å². The zero-order valence-electron chi connectivity index (χ0n) is 9.75. The van der Waals surface area contributed by atoms with Gasteiger partial charge >= 0.3 is 0 Å². The predicted molar refractivity (Wildman–Crippen MR) is 60.2 cm³/mol. The van der Waals surface area contributed by atoms with Crippen LogP contribution in [-0.4, -0.2) is 16.7 Å². The normalized spacial score (nSPS) is 18.8. The number of hydrogen-bond donors (Lipinski definition) is 0. The molecule has 1 fully saturated rings. The summed E-state index contributed by atoms with van der Waals surface area (Å²) >= 11 is 0. The van der Waals surface area contributed by atoms with Gasteiger partial charge in [0.25, 0.3) is 0 Å². The number of alkyl halides is 2. The molecule has 0 amide bonds. The monoisotopic (exact) mass is 239 g/mol. The Labute approximate surface area is 99.1 Å². The van der Waals surface area contributed by atoms with Crippen LogP contribution >= 0.6 is 0 Å². The first-order valence-electron chi connectivity index (χ1n) is 5.81. The van der Waals surface area contributed by atoms with Crippen molar-refractivity contribution in [3.63, 3.8) is 0 Å². The molecule has 0 aliphatic heterocycles. The number of halogens is 2. The van der Waals surface area contributed by atoms with Gasteiger partial charge in [0.05, 0.1) is 0 Å². The Morgan fingerprint density at radius 2 is 2.18 bits per heavy atom. The Bertz CT molecular complexity index is 423. The molecule has 0 atom stereocenters. The fraction of sp³-hybridized carbons (Fsp3) is 0.538. The number of pyridine rings is 1. The minimum absolute atomic E-state index is 0.00115. The highest BCUT2D eigenvalue weighted by atomic mass is 19.3. The van der Waals surface area contributed by atoms with Gasteiger partial charge in [-0.3, -0.25) is 9.78 Å². The van der Waals surface area contributed by atoms with Crippen molar-refractivity contribution in [2.24, 2.45) is 5.92 Å². The molecule has 1 aliphatic rings. The van der Waals surface area contributed by atoms with Gasteiger partial charge in [0.15, 0.2) is 5.78 Å². The lowest BCUT2D eigenvalue weighted by molar-refractivity contribution is -0.111. The third kappa shape index (κ3) is 3.08. The van der Waals surface area contributed by atoms with E-state index in [4.69, 9.17) is 0 Å². The number of ketones is 1. The van der Waals surface area contributed by atoms with Crippen molar-refractivity contribution in [1.82, 2.24) is 4.98 Å². The summed E-state index contributed by atoms with van der Waals surface area (Å²) in [7, 11) is 0. The van der Waals surface area contributed by atoms with Gasteiger partial charge in [-0.25, -0.2) is 8.78 Å². The maximum absolute atomic E-state index is 12.6. The maximum Gasteiger partial charge on any atom is 0.248 e. The topological polar surface area (TPSA) is 30.0 Å². The van der Waals surface area contributed by atoms with Crippen molar-refractivity contribution in [1.29, 1.82) is 0 Å². The number of hydrogen-bond acceptors (Lipinski definition) is 2. The van der Waals surface area contributed by atoms with Crippen molar-refractivity contribution in [2.45, 2.75) is 38.5 Å². The van der Waals surface area contributed by atoms with E-state index >= 15 is 0 Å². The second-order valence-corrected chi connectivity index (χ2v) is 4.76. The summed E-state index contributed by atoms with van der Waals surface area (Å²) in [5.41, 5.74) is 1.24. The van der Waals surface area contributed by atoms with Gasteiger partial charge in [-0.15, -0.1) is 0 Å². The van der Waals surface area contributed by atoms with Gasteiger partial charge in [0, 0.05) is 25.0 Å². The molecule has 0 unspecified atom stereocenters. The predicted octanol–water partition coefficient (Wildman–Crippen LogP) is 3.40. The highest BCUT2D eigenvalue weighted by Gasteiger charge is 2.44. The highest BCUT2D eigenvalue weighted by Crippen LogP contribution is 2.44. The molecule has 1 aromatic rings.